The maximum Gasteiger partial charge on any atom is 0.225 e. The van der Waals surface area contributed by atoms with Gasteiger partial charge in [0.2, 0.25) is 5.91 Å². The smallest absolute Gasteiger partial charge is 0.225 e. The van der Waals surface area contributed by atoms with Crippen LogP contribution in [0, 0.1) is 17.6 Å². The summed E-state index contributed by atoms with van der Waals surface area (Å²) in [5, 5.41) is 8.86. The van der Waals surface area contributed by atoms with Crippen LogP contribution >= 0.6 is 0 Å². The van der Waals surface area contributed by atoms with Crippen LogP contribution in [0.2, 0.25) is 0 Å². The third-order valence-electron chi connectivity index (χ3n) is 4.63. The molecule has 1 unspecified atom stereocenters. The third kappa shape index (κ3) is 4.66. The zero-order valence-corrected chi connectivity index (χ0v) is 14.9. The predicted octanol–water partition coefficient (Wildman–Crippen LogP) is 3.81. The summed E-state index contributed by atoms with van der Waals surface area (Å²) in [6.45, 7) is 5.05. The van der Waals surface area contributed by atoms with Crippen LogP contribution in [0.15, 0.2) is 24.3 Å². The van der Waals surface area contributed by atoms with Crippen molar-refractivity contribution in [3.8, 4) is 11.3 Å². The molecule has 0 radical (unpaired) electrons. The fourth-order valence-corrected chi connectivity index (χ4v) is 3.39. The molecule has 0 spiro atoms. The highest BCUT2D eigenvalue weighted by atomic mass is 19.1. The first-order valence-corrected chi connectivity index (χ1v) is 9.05. The Bertz CT molecular complexity index is 756. The van der Waals surface area contributed by atoms with E-state index in [-0.39, 0.29) is 23.3 Å². The maximum absolute atomic E-state index is 14.5. The van der Waals surface area contributed by atoms with Gasteiger partial charge in [-0.2, -0.15) is 5.10 Å². The van der Waals surface area contributed by atoms with E-state index >= 15 is 0 Å². The van der Waals surface area contributed by atoms with Gasteiger partial charge in [-0.25, -0.2) is 8.78 Å². The molecule has 5 nitrogen and oxygen atoms in total. The van der Waals surface area contributed by atoms with E-state index in [1.807, 2.05) is 6.92 Å². The Morgan fingerprint density at radius 3 is 2.81 bits per heavy atom. The number of H-pyrrole nitrogens is 1. The SMILES string of the molecule is CC(CC(=O)Nc1n[nH]c(-c2cccc(F)c2)c1F)CN1CCCCC1. The number of aromatic amines is 1. The lowest BCUT2D eigenvalue weighted by atomic mass is 10.0. The van der Waals surface area contributed by atoms with Gasteiger partial charge >= 0.3 is 0 Å². The maximum atomic E-state index is 14.5. The number of benzene rings is 1. The van der Waals surface area contributed by atoms with Crippen molar-refractivity contribution in [2.45, 2.75) is 32.6 Å². The van der Waals surface area contributed by atoms with Crippen molar-refractivity contribution in [3.05, 3.63) is 35.9 Å². The topological polar surface area (TPSA) is 61.0 Å². The number of likely N-dealkylation sites (tertiary alicyclic amines) is 1. The number of carbonyl (C=O) groups excluding carboxylic acids is 1. The highest BCUT2D eigenvalue weighted by Gasteiger charge is 2.20. The summed E-state index contributed by atoms with van der Waals surface area (Å²) in [7, 11) is 0. The van der Waals surface area contributed by atoms with E-state index in [2.05, 4.69) is 20.4 Å². The molecule has 140 valence electrons. The Morgan fingerprint density at radius 1 is 1.31 bits per heavy atom. The summed E-state index contributed by atoms with van der Waals surface area (Å²) in [5.74, 6) is -1.40. The van der Waals surface area contributed by atoms with E-state index in [0.717, 1.165) is 19.6 Å². The first-order valence-electron chi connectivity index (χ1n) is 9.05. The number of anilines is 1. The summed E-state index contributed by atoms with van der Waals surface area (Å²) in [6.07, 6.45) is 4.00. The molecule has 1 fully saturated rings. The summed E-state index contributed by atoms with van der Waals surface area (Å²) >= 11 is 0. The lowest BCUT2D eigenvalue weighted by molar-refractivity contribution is -0.117. The molecule has 1 aromatic carbocycles. The number of hydrogen-bond donors (Lipinski definition) is 2. The van der Waals surface area contributed by atoms with Gasteiger partial charge in [0.05, 0.1) is 0 Å². The highest BCUT2D eigenvalue weighted by Crippen LogP contribution is 2.25. The van der Waals surface area contributed by atoms with E-state index in [1.165, 1.54) is 37.5 Å². The molecule has 3 rings (SSSR count). The van der Waals surface area contributed by atoms with Crippen LogP contribution in [0.25, 0.3) is 11.3 Å². The number of hydrogen-bond acceptors (Lipinski definition) is 3. The van der Waals surface area contributed by atoms with Crippen molar-refractivity contribution < 1.29 is 13.6 Å². The first-order chi connectivity index (χ1) is 12.5. The lowest BCUT2D eigenvalue weighted by Crippen LogP contribution is -2.34. The van der Waals surface area contributed by atoms with Crippen LogP contribution in [0.1, 0.15) is 32.6 Å². The molecule has 1 amide bonds. The van der Waals surface area contributed by atoms with Gasteiger partial charge < -0.3 is 10.2 Å². The Labute approximate surface area is 151 Å². The van der Waals surface area contributed by atoms with E-state index in [9.17, 15) is 13.6 Å². The Balaban J connectivity index is 1.57. The van der Waals surface area contributed by atoms with Crippen molar-refractivity contribution in [2.75, 3.05) is 25.0 Å². The van der Waals surface area contributed by atoms with Crippen LogP contribution in [-0.2, 0) is 4.79 Å². The van der Waals surface area contributed by atoms with Crippen LogP contribution in [0.4, 0.5) is 14.6 Å². The van der Waals surface area contributed by atoms with Crippen molar-refractivity contribution in [3.63, 3.8) is 0 Å². The van der Waals surface area contributed by atoms with E-state index < -0.39 is 11.6 Å². The van der Waals surface area contributed by atoms with Gasteiger partial charge in [-0.05, 0) is 44.0 Å². The van der Waals surface area contributed by atoms with Crippen molar-refractivity contribution >= 4 is 11.7 Å². The van der Waals surface area contributed by atoms with Crippen molar-refractivity contribution in [2.24, 2.45) is 5.92 Å². The second-order valence-corrected chi connectivity index (χ2v) is 6.99. The highest BCUT2D eigenvalue weighted by molar-refractivity contribution is 5.90. The van der Waals surface area contributed by atoms with Crippen LogP contribution < -0.4 is 5.32 Å². The minimum absolute atomic E-state index is 0.0566. The molecule has 1 aliphatic heterocycles. The fourth-order valence-electron chi connectivity index (χ4n) is 3.39. The minimum Gasteiger partial charge on any atom is -0.307 e. The Kier molecular flexibility index (Phi) is 5.98. The molecular weight excluding hydrogens is 338 g/mol. The quantitative estimate of drug-likeness (QED) is 0.822. The molecule has 2 aromatic rings. The second kappa shape index (κ2) is 8.40. The van der Waals surface area contributed by atoms with E-state index in [1.54, 1.807) is 6.07 Å². The predicted molar refractivity (Wildman–Crippen MR) is 96.6 cm³/mol. The largest absolute Gasteiger partial charge is 0.307 e. The number of rotatable bonds is 6. The zero-order chi connectivity index (χ0) is 18.5. The molecule has 7 heteroatoms. The van der Waals surface area contributed by atoms with Gasteiger partial charge in [0, 0.05) is 18.5 Å². The van der Waals surface area contributed by atoms with E-state index in [0.29, 0.717) is 12.0 Å². The van der Waals surface area contributed by atoms with Gasteiger partial charge in [-0.3, -0.25) is 9.89 Å². The summed E-state index contributed by atoms with van der Waals surface area (Å²) < 4.78 is 27.8. The van der Waals surface area contributed by atoms with Gasteiger partial charge in [0.1, 0.15) is 11.5 Å². The lowest BCUT2D eigenvalue weighted by Gasteiger charge is -2.28. The monoisotopic (exact) mass is 362 g/mol. The van der Waals surface area contributed by atoms with E-state index in [4.69, 9.17) is 0 Å². The molecule has 26 heavy (non-hydrogen) atoms. The second-order valence-electron chi connectivity index (χ2n) is 6.99. The Hall–Kier alpha value is -2.28. The van der Waals surface area contributed by atoms with Gasteiger partial charge in [-0.1, -0.05) is 25.5 Å². The zero-order valence-electron chi connectivity index (χ0n) is 14.9. The summed E-state index contributed by atoms with van der Waals surface area (Å²) in [5.41, 5.74) is 0.398. The first kappa shape index (κ1) is 18.5. The summed E-state index contributed by atoms with van der Waals surface area (Å²) in [4.78, 5) is 14.6. The average molecular weight is 362 g/mol. The van der Waals surface area contributed by atoms with Crippen LogP contribution in [0.5, 0.6) is 0 Å². The fraction of sp³-hybridized carbons (Fsp3) is 0.474. The number of carbonyl (C=O) groups is 1. The normalized spacial score (nSPS) is 16.4. The number of halogens is 2. The molecule has 0 saturated carbocycles. The van der Waals surface area contributed by atoms with Crippen molar-refractivity contribution in [1.29, 1.82) is 0 Å². The molecular formula is C19H24F2N4O. The van der Waals surface area contributed by atoms with Gasteiger partial charge in [-0.15, -0.1) is 0 Å². The standard InChI is InChI=1S/C19H24F2N4O/c1-13(12-25-8-3-2-4-9-25)10-16(26)22-19-17(21)18(23-24-19)14-6-5-7-15(20)11-14/h5-7,11,13H,2-4,8-10,12H2,1H3,(H2,22,23,24,26). The molecule has 2 heterocycles. The molecule has 2 N–H and O–H groups in total. The minimum atomic E-state index is -0.687. The van der Waals surface area contributed by atoms with Gasteiger partial charge in [0.15, 0.2) is 11.6 Å². The number of amides is 1. The number of nitrogens with one attached hydrogen (secondary N) is 2. The van der Waals surface area contributed by atoms with Crippen LogP contribution in [0.3, 0.4) is 0 Å². The summed E-state index contributed by atoms with van der Waals surface area (Å²) in [6, 6.07) is 5.56. The van der Waals surface area contributed by atoms with Gasteiger partial charge in [0.25, 0.3) is 0 Å². The molecule has 1 atom stereocenters. The average Bonchev–Trinajstić information content (AvgIpc) is 2.96. The molecule has 1 saturated heterocycles. The third-order valence-corrected chi connectivity index (χ3v) is 4.63. The number of aromatic nitrogens is 2. The van der Waals surface area contributed by atoms with Crippen LogP contribution in [-0.4, -0.2) is 40.6 Å². The van der Waals surface area contributed by atoms with Crippen molar-refractivity contribution in [1.82, 2.24) is 15.1 Å². The molecule has 1 aromatic heterocycles. The molecule has 1 aliphatic rings. The Morgan fingerprint density at radius 2 is 2.08 bits per heavy atom. The molecule has 0 aliphatic carbocycles. The number of nitrogens with zero attached hydrogens (tertiary/aromatic N) is 2. The molecule has 0 bridgehead atoms. The number of piperidine rings is 1.